The highest BCUT2D eigenvalue weighted by molar-refractivity contribution is 7.15. The number of rotatable bonds is 3. The van der Waals surface area contributed by atoms with E-state index >= 15 is 0 Å². The van der Waals surface area contributed by atoms with Crippen molar-refractivity contribution in [2.45, 2.75) is 20.3 Å². The number of anilines is 1. The molecular weight excluding hydrogens is 278 g/mol. The fraction of sp³-hybridized carbons (Fsp3) is 0.176. The van der Waals surface area contributed by atoms with Crippen LogP contribution < -0.4 is 5.73 Å². The molecule has 0 unspecified atom stereocenters. The van der Waals surface area contributed by atoms with Crippen molar-refractivity contribution in [3.63, 3.8) is 0 Å². The molecule has 0 aliphatic carbocycles. The lowest BCUT2D eigenvalue weighted by molar-refractivity contribution is 1.14. The molecule has 0 aliphatic rings. The highest BCUT2D eigenvalue weighted by Crippen LogP contribution is 2.34. The number of pyridine rings is 1. The van der Waals surface area contributed by atoms with Gasteiger partial charge in [0.05, 0.1) is 11.3 Å². The van der Waals surface area contributed by atoms with E-state index in [2.05, 4.69) is 43.1 Å². The molecular formula is C17H17N3S. The van der Waals surface area contributed by atoms with Crippen LogP contribution in [-0.4, -0.2) is 9.97 Å². The van der Waals surface area contributed by atoms with Crippen molar-refractivity contribution < 1.29 is 0 Å². The zero-order valence-corrected chi connectivity index (χ0v) is 12.9. The summed E-state index contributed by atoms with van der Waals surface area (Å²) in [6.07, 6.45) is 2.75. The molecule has 4 heteroatoms. The maximum Gasteiger partial charge on any atom is 0.133 e. The van der Waals surface area contributed by atoms with Gasteiger partial charge in [0.2, 0.25) is 0 Å². The fourth-order valence-electron chi connectivity index (χ4n) is 2.28. The second kappa shape index (κ2) is 5.66. The van der Waals surface area contributed by atoms with Crippen LogP contribution in [0.25, 0.3) is 21.8 Å². The van der Waals surface area contributed by atoms with Gasteiger partial charge in [0.1, 0.15) is 10.8 Å². The molecule has 0 fully saturated rings. The van der Waals surface area contributed by atoms with E-state index in [0.29, 0.717) is 5.82 Å². The van der Waals surface area contributed by atoms with Crippen molar-refractivity contribution in [3.05, 3.63) is 53.0 Å². The number of hydrogen-bond donors (Lipinski definition) is 1. The van der Waals surface area contributed by atoms with Crippen LogP contribution in [0.1, 0.15) is 17.4 Å². The van der Waals surface area contributed by atoms with Crippen molar-refractivity contribution in [3.8, 4) is 21.8 Å². The third kappa shape index (κ3) is 2.67. The smallest absolute Gasteiger partial charge is 0.133 e. The van der Waals surface area contributed by atoms with Crippen LogP contribution in [-0.2, 0) is 6.42 Å². The predicted molar refractivity (Wildman–Crippen MR) is 89.3 cm³/mol. The predicted octanol–water partition coefficient (Wildman–Crippen LogP) is 4.33. The number of nitrogens with zero attached hydrogens (tertiary/aromatic N) is 2. The minimum absolute atomic E-state index is 0.527. The van der Waals surface area contributed by atoms with Crippen LogP contribution in [0.4, 0.5) is 5.82 Å². The Bertz CT molecular complexity index is 760. The Morgan fingerprint density at radius 3 is 2.57 bits per heavy atom. The fourth-order valence-corrected chi connectivity index (χ4v) is 3.25. The first kappa shape index (κ1) is 13.8. The summed E-state index contributed by atoms with van der Waals surface area (Å²) in [5.74, 6) is 0.527. The number of aryl methyl sites for hydroxylation is 2. The van der Waals surface area contributed by atoms with Gasteiger partial charge in [0, 0.05) is 16.6 Å². The Balaban J connectivity index is 2.03. The molecule has 0 saturated heterocycles. The van der Waals surface area contributed by atoms with E-state index in [-0.39, 0.29) is 0 Å². The normalized spacial score (nSPS) is 10.8. The molecule has 2 aromatic heterocycles. The van der Waals surface area contributed by atoms with Crippen LogP contribution in [0.2, 0.25) is 0 Å². The van der Waals surface area contributed by atoms with Crippen molar-refractivity contribution >= 4 is 17.2 Å². The number of nitrogen functional groups attached to an aromatic ring is 1. The van der Waals surface area contributed by atoms with Gasteiger partial charge in [-0.15, -0.1) is 11.3 Å². The Kier molecular flexibility index (Phi) is 3.71. The maximum atomic E-state index is 5.94. The molecule has 3 aromatic rings. The summed E-state index contributed by atoms with van der Waals surface area (Å²) in [6, 6.07) is 12.4. The van der Waals surface area contributed by atoms with Crippen LogP contribution in [0, 0.1) is 6.92 Å². The van der Waals surface area contributed by atoms with E-state index in [0.717, 1.165) is 28.2 Å². The SMILES string of the molecule is CCc1ccc(-c2nc(-c3cccnc3N)sc2C)cc1. The summed E-state index contributed by atoms with van der Waals surface area (Å²) in [5.41, 5.74) is 10.4. The summed E-state index contributed by atoms with van der Waals surface area (Å²) in [5, 5.41) is 0.924. The molecule has 2 heterocycles. The number of nitrogens with two attached hydrogens (primary N) is 1. The van der Waals surface area contributed by atoms with Gasteiger partial charge in [-0.25, -0.2) is 9.97 Å². The Labute approximate surface area is 128 Å². The molecule has 2 N–H and O–H groups in total. The maximum absolute atomic E-state index is 5.94. The Morgan fingerprint density at radius 2 is 1.90 bits per heavy atom. The Morgan fingerprint density at radius 1 is 1.14 bits per heavy atom. The lowest BCUT2D eigenvalue weighted by Crippen LogP contribution is -1.92. The van der Waals surface area contributed by atoms with Crippen LogP contribution in [0.5, 0.6) is 0 Å². The zero-order valence-electron chi connectivity index (χ0n) is 12.1. The van der Waals surface area contributed by atoms with Gasteiger partial charge in [-0.1, -0.05) is 31.2 Å². The highest BCUT2D eigenvalue weighted by Gasteiger charge is 2.13. The summed E-state index contributed by atoms with van der Waals surface area (Å²) < 4.78 is 0. The monoisotopic (exact) mass is 295 g/mol. The third-order valence-corrected chi connectivity index (χ3v) is 4.51. The first-order chi connectivity index (χ1) is 10.2. The van der Waals surface area contributed by atoms with Crippen molar-refractivity contribution in [2.24, 2.45) is 0 Å². The topological polar surface area (TPSA) is 51.8 Å². The van der Waals surface area contributed by atoms with Gasteiger partial charge in [-0.05, 0) is 31.0 Å². The van der Waals surface area contributed by atoms with Crippen molar-refractivity contribution in [2.75, 3.05) is 5.73 Å². The first-order valence-corrected chi connectivity index (χ1v) is 7.78. The van der Waals surface area contributed by atoms with E-state index in [1.165, 1.54) is 10.4 Å². The Hall–Kier alpha value is -2.20. The largest absolute Gasteiger partial charge is 0.383 e. The van der Waals surface area contributed by atoms with Crippen LogP contribution >= 0.6 is 11.3 Å². The van der Waals surface area contributed by atoms with E-state index in [9.17, 15) is 0 Å². The molecule has 21 heavy (non-hydrogen) atoms. The third-order valence-electron chi connectivity index (χ3n) is 3.50. The molecule has 0 saturated carbocycles. The van der Waals surface area contributed by atoms with Crippen molar-refractivity contribution in [1.82, 2.24) is 9.97 Å². The second-order valence-corrected chi connectivity index (χ2v) is 6.11. The molecule has 1 aromatic carbocycles. The van der Waals surface area contributed by atoms with Gasteiger partial charge < -0.3 is 5.73 Å². The van der Waals surface area contributed by atoms with Gasteiger partial charge in [0.15, 0.2) is 0 Å². The van der Waals surface area contributed by atoms with Crippen molar-refractivity contribution in [1.29, 1.82) is 0 Å². The summed E-state index contributed by atoms with van der Waals surface area (Å²) in [6.45, 7) is 4.25. The quantitative estimate of drug-likeness (QED) is 0.782. The molecule has 0 atom stereocenters. The number of thiazole rings is 1. The van der Waals surface area contributed by atoms with Gasteiger partial charge in [-0.2, -0.15) is 0 Å². The number of aromatic nitrogens is 2. The average Bonchev–Trinajstić information content (AvgIpc) is 2.89. The summed E-state index contributed by atoms with van der Waals surface area (Å²) >= 11 is 1.66. The minimum Gasteiger partial charge on any atom is -0.383 e. The zero-order chi connectivity index (χ0) is 14.8. The molecule has 0 radical (unpaired) electrons. The van der Waals surface area contributed by atoms with E-state index in [1.807, 2.05) is 12.1 Å². The lowest BCUT2D eigenvalue weighted by Gasteiger charge is -2.01. The summed E-state index contributed by atoms with van der Waals surface area (Å²) in [7, 11) is 0. The highest BCUT2D eigenvalue weighted by atomic mass is 32.1. The molecule has 0 spiro atoms. The number of hydrogen-bond acceptors (Lipinski definition) is 4. The van der Waals surface area contributed by atoms with Gasteiger partial charge >= 0.3 is 0 Å². The van der Waals surface area contributed by atoms with Crippen LogP contribution in [0.3, 0.4) is 0 Å². The lowest BCUT2D eigenvalue weighted by atomic mass is 10.1. The summed E-state index contributed by atoms with van der Waals surface area (Å²) in [4.78, 5) is 10.1. The van der Waals surface area contributed by atoms with E-state index in [1.54, 1.807) is 17.5 Å². The molecule has 3 rings (SSSR count). The minimum atomic E-state index is 0.527. The van der Waals surface area contributed by atoms with Crippen LogP contribution in [0.15, 0.2) is 42.6 Å². The number of benzene rings is 1. The first-order valence-electron chi connectivity index (χ1n) is 6.96. The average molecular weight is 295 g/mol. The molecule has 3 nitrogen and oxygen atoms in total. The van der Waals surface area contributed by atoms with Gasteiger partial charge in [-0.3, -0.25) is 0 Å². The standard InChI is InChI=1S/C17H17N3S/c1-3-12-6-8-13(9-7-12)15-11(2)21-17(20-15)14-5-4-10-19-16(14)18/h4-10H,3H2,1-2H3,(H2,18,19). The van der Waals surface area contributed by atoms with E-state index < -0.39 is 0 Å². The molecule has 106 valence electrons. The second-order valence-electron chi connectivity index (χ2n) is 4.91. The van der Waals surface area contributed by atoms with E-state index in [4.69, 9.17) is 10.7 Å². The molecule has 0 aliphatic heterocycles. The molecule has 0 amide bonds. The molecule has 0 bridgehead atoms. The van der Waals surface area contributed by atoms with Gasteiger partial charge in [0.25, 0.3) is 0 Å².